The van der Waals surface area contributed by atoms with Gasteiger partial charge in [-0.2, -0.15) is 0 Å². The lowest BCUT2D eigenvalue weighted by Gasteiger charge is -2.24. The van der Waals surface area contributed by atoms with E-state index in [1.54, 1.807) is 43.3 Å². The summed E-state index contributed by atoms with van der Waals surface area (Å²) in [5.74, 6) is -0.515. The molecule has 1 aliphatic carbocycles. The largest absolute Gasteiger partial charge is 0.478 e. The van der Waals surface area contributed by atoms with Gasteiger partial charge in [0.05, 0.1) is 16.8 Å². The van der Waals surface area contributed by atoms with Crippen molar-refractivity contribution in [2.75, 3.05) is 24.2 Å². The number of carbonyl (C=O) groups is 2. The Morgan fingerprint density at radius 3 is 2.33 bits per heavy atom. The van der Waals surface area contributed by atoms with Crippen LogP contribution in [-0.2, 0) is 6.42 Å². The number of aryl methyl sites for hydroxylation is 1. The van der Waals surface area contributed by atoms with Crippen molar-refractivity contribution in [1.82, 2.24) is 5.32 Å². The summed E-state index contributed by atoms with van der Waals surface area (Å²) in [6.07, 6.45) is 10.9. The van der Waals surface area contributed by atoms with Gasteiger partial charge < -0.3 is 19.1 Å². The Bertz CT molecular complexity index is 1540. The van der Waals surface area contributed by atoms with Crippen molar-refractivity contribution in [1.29, 1.82) is 0 Å². The highest BCUT2D eigenvalue weighted by Crippen LogP contribution is 2.48. The molecular weight excluding hydrogens is 551 g/mol. The van der Waals surface area contributed by atoms with E-state index in [-0.39, 0.29) is 11.7 Å². The molecule has 1 heterocycles. The third-order valence-electron chi connectivity index (χ3n) is 7.93. The molecular formula is C34H37FN2O4S. The van der Waals surface area contributed by atoms with Crippen LogP contribution in [0.25, 0.3) is 22.3 Å². The predicted octanol–water partition coefficient (Wildman–Crippen LogP) is 8.45. The number of hydrogen-bond acceptors (Lipinski definition) is 5. The van der Waals surface area contributed by atoms with Gasteiger partial charge in [0.25, 0.3) is 5.91 Å². The zero-order valence-electron chi connectivity index (χ0n) is 24.1. The van der Waals surface area contributed by atoms with Crippen LogP contribution in [-0.4, -0.2) is 36.8 Å². The Morgan fingerprint density at radius 2 is 1.69 bits per heavy atom. The van der Waals surface area contributed by atoms with Gasteiger partial charge in [0.15, 0.2) is 0 Å². The number of nitrogens with zero attached hydrogens (tertiary/aromatic N) is 1. The Balaban J connectivity index is 1.26. The molecule has 4 aromatic rings. The van der Waals surface area contributed by atoms with E-state index < -0.39 is 5.97 Å². The zero-order valence-corrected chi connectivity index (χ0v) is 24.9. The summed E-state index contributed by atoms with van der Waals surface area (Å²) in [4.78, 5) is 24.0. The number of amides is 1. The molecule has 1 aromatic heterocycles. The van der Waals surface area contributed by atoms with E-state index >= 15 is 0 Å². The summed E-state index contributed by atoms with van der Waals surface area (Å²) in [7, 11) is 1.61. The Morgan fingerprint density at radius 1 is 1.00 bits per heavy atom. The van der Waals surface area contributed by atoms with Gasteiger partial charge in [0.1, 0.15) is 17.2 Å². The number of halogens is 1. The Kier molecular flexibility index (Phi) is 9.52. The van der Waals surface area contributed by atoms with Crippen LogP contribution in [0.5, 0.6) is 0 Å². The molecule has 0 spiro atoms. The van der Waals surface area contributed by atoms with Crippen molar-refractivity contribution in [3.8, 4) is 11.3 Å². The average molecular weight is 589 g/mol. The standard InChI is InChI=1S/C34H37FN2O4S/c1-36-33(38)31-28-20-27(23-13-14-23)29(21-30(28)41-32(31)24-15-17-26(35)18-16-24)37(42-2)19-7-5-3-4-6-8-22-9-11-25(12-10-22)34(39)40/h9-12,15-18,20-21,23H,3-8,13-14,19H2,1-2H3,(H,36,38)(H,39,40). The lowest BCUT2D eigenvalue weighted by Crippen LogP contribution is -2.18. The molecule has 1 saturated carbocycles. The van der Waals surface area contributed by atoms with Crippen molar-refractivity contribution >= 4 is 40.5 Å². The number of nitrogens with one attached hydrogen (secondary N) is 1. The van der Waals surface area contributed by atoms with Gasteiger partial charge in [-0.1, -0.05) is 43.3 Å². The molecule has 0 radical (unpaired) electrons. The van der Waals surface area contributed by atoms with E-state index in [0.29, 0.717) is 34.0 Å². The number of fused-ring (bicyclic) bond motifs is 1. The first-order valence-electron chi connectivity index (χ1n) is 14.6. The maximum absolute atomic E-state index is 13.6. The number of furan rings is 1. The van der Waals surface area contributed by atoms with E-state index in [9.17, 15) is 14.0 Å². The number of carboxylic acid groups (broad SMARTS) is 1. The number of aromatic carboxylic acids is 1. The number of hydrogen-bond donors (Lipinski definition) is 2. The van der Waals surface area contributed by atoms with Crippen LogP contribution in [0.3, 0.4) is 0 Å². The first kappa shape index (κ1) is 29.7. The zero-order chi connectivity index (χ0) is 29.6. The van der Waals surface area contributed by atoms with Gasteiger partial charge in [-0.05, 0) is 91.6 Å². The smallest absolute Gasteiger partial charge is 0.335 e. The second-order valence-electron chi connectivity index (χ2n) is 10.9. The second-order valence-corrected chi connectivity index (χ2v) is 11.7. The first-order valence-corrected chi connectivity index (χ1v) is 15.8. The monoisotopic (exact) mass is 588 g/mol. The summed E-state index contributed by atoms with van der Waals surface area (Å²) in [6, 6.07) is 17.4. The molecule has 0 unspecified atom stereocenters. The van der Waals surface area contributed by atoms with E-state index in [1.807, 2.05) is 12.1 Å². The molecule has 0 bridgehead atoms. The normalized spacial score (nSPS) is 12.9. The number of benzene rings is 3. The number of carbonyl (C=O) groups excluding carboxylic acids is 1. The molecule has 5 rings (SSSR count). The quantitative estimate of drug-likeness (QED) is 0.114. The highest BCUT2D eigenvalue weighted by Gasteiger charge is 2.31. The molecule has 1 amide bonds. The fraction of sp³-hybridized carbons (Fsp3) is 0.353. The van der Waals surface area contributed by atoms with E-state index in [2.05, 4.69) is 28.0 Å². The molecule has 0 aliphatic heterocycles. The molecule has 3 aromatic carbocycles. The van der Waals surface area contributed by atoms with Crippen LogP contribution < -0.4 is 9.62 Å². The van der Waals surface area contributed by atoms with Crippen LogP contribution in [0.1, 0.15) is 82.7 Å². The van der Waals surface area contributed by atoms with Gasteiger partial charge in [-0.25, -0.2) is 9.18 Å². The van der Waals surface area contributed by atoms with Crippen LogP contribution >= 0.6 is 11.9 Å². The third-order valence-corrected chi connectivity index (χ3v) is 8.75. The minimum Gasteiger partial charge on any atom is -0.478 e. The van der Waals surface area contributed by atoms with Crippen LogP contribution in [0.2, 0.25) is 0 Å². The second kappa shape index (κ2) is 13.5. The van der Waals surface area contributed by atoms with Gasteiger partial charge in [-0.3, -0.25) is 4.79 Å². The number of anilines is 1. The minimum atomic E-state index is -0.891. The predicted molar refractivity (Wildman–Crippen MR) is 168 cm³/mol. The average Bonchev–Trinajstić information content (AvgIpc) is 3.78. The molecule has 220 valence electrons. The van der Waals surface area contributed by atoms with Gasteiger partial charge in [0.2, 0.25) is 0 Å². The number of carboxylic acids is 1. The molecule has 1 aliphatic rings. The van der Waals surface area contributed by atoms with Crippen LogP contribution in [0, 0.1) is 5.82 Å². The lowest BCUT2D eigenvalue weighted by atomic mass is 10.00. The summed E-state index contributed by atoms with van der Waals surface area (Å²) in [5, 5.41) is 12.6. The van der Waals surface area contributed by atoms with Gasteiger partial charge in [-0.15, -0.1) is 0 Å². The molecule has 8 heteroatoms. The van der Waals surface area contributed by atoms with E-state index in [4.69, 9.17) is 9.52 Å². The van der Waals surface area contributed by atoms with Crippen molar-refractivity contribution in [2.45, 2.75) is 57.3 Å². The maximum Gasteiger partial charge on any atom is 0.335 e. The summed E-state index contributed by atoms with van der Waals surface area (Å²) in [5.41, 5.74) is 5.71. The molecule has 2 N–H and O–H groups in total. The van der Waals surface area contributed by atoms with Crippen molar-refractivity contribution < 1.29 is 23.5 Å². The van der Waals surface area contributed by atoms with Crippen LogP contribution in [0.15, 0.2) is 65.1 Å². The topological polar surface area (TPSA) is 82.8 Å². The number of unbranched alkanes of at least 4 members (excludes halogenated alkanes) is 4. The van der Waals surface area contributed by atoms with Gasteiger partial charge >= 0.3 is 5.97 Å². The SMILES string of the molecule is CNC(=O)c1c(-c2ccc(F)cc2)oc2cc(N(CCCCCCCc3ccc(C(=O)O)cc3)SC)c(C3CC3)cc12. The lowest BCUT2D eigenvalue weighted by molar-refractivity contribution is 0.0696. The van der Waals surface area contributed by atoms with E-state index in [1.165, 1.54) is 23.3 Å². The fourth-order valence-electron chi connectivity index (χ4n) is 5.48. The first-order chi connectivity index (χ1) is 20.4. The highest BCUT2D eigenvalue weighted by molar-refractivity contribution is 7.99. The molecule has 42 heavy (non-hydrogen) atoms. The minimum absolute atomic E-state index is 0.221. The summed E-state index contributed by atoms with van der Waals surface area (Å²) < 4.78 is 22.3. The third kappa shape index (κ3) is 6.81. The number of rotatable bonds is 14. The molecule has 0 atom stereocenters. The van der Waals surface area contributed by atoms with Crippen molar-refractivity contribution in [3.05, 3.63) is 88.7 Å². The highest BCUT2D eigenvalue weighted by atomic mass is 32.2. The van der Waals surface area contributed by atoms with Gasteiger partial charge in [0, 0.05) is 36.9 Å². The molecule has 0 saturated heterocycles. The Hall–Kier alpha value is -3.78. The Labute approximate surface area is 250 Å². The van der Waals surface area contributed by atoms with Crippen molar-refractivity contribution in [3.63, 3.8) is 0 Å². The molecule has 6 nitrogen and oxygen atoms in total. The summed E-state index contributed by atoms with van der Waals surface area (Å²) >= 11 is 1.71. The van der Waals surface area contributed by atoms with Crippen LogP contribution in [0.4, 0.5) is 10.1 Å². The fourth-order valence-corrected chi connectivity index (χ4v) is 6.15. The molecule has 1 fully saturated rings. The van der Waals surface area contributed by atoms with Crippen molar-refractivity contribution in [2.24, 2.45) is 0 Å². The maximum atomic E-state index is 13.6. The summed E-state index contributed by atoms with van der Waals surface area (Å²) in [6.45, 7) is 0.914. The van der Waals surface area contributed by atoms with E-state index in [0.717, 1.165) is 69.0 Å².